The van der Waals surface area contributed by atoms with Crippen LogP contribution in [0.4, 0.5) is 0 Å². The van der Waals surface area contributed by atoms with Gasteiger partial charge < -0.3 is 19.4 Å². The van der Waals surface area contributed by atoms with E-state index in [0.717, 1.165) is 30.2 Å². The molecule has 1 aliphatic carbocycles. The van der Waals surface area contributed by atoms with Gasteiger partial charge in [-0.1, -0.05) is 37.5 Å². The molecular formula is C20H24N2O5. The number of esters is 2. The topological polar surface area (TPSA) is 86.6 Å². The molecule has 2 aromatic rings. The maximum Gasteiger partial charge on any atom is 0.340 e. The average molecular weight is 372 g/mol. The van der Waals surface area contributed by atoms with Gasteiger partial charge in [-0.15, -0.1) is 0 Å². The van der Waals surface area contributed by atoms with E-state index in [9.17, 15) is 14.4 Å². The minimum atomic E-state index is -1.02. The van der Waals surface area contributed by atoms with Gasteiger partial charge in [0.15, 0.2) is 6.61 Å². The van der Waals surface area contributed by atoms with Crippen molar-refractivity contribution in [2.45, 2.75) is 37.6 Å². The number of para-hydroxylation sites is 1. The summed E-state index contributed by atoms with van der Waals surface area (Å²) >= 11 is 0. The van der Waals surface area contributed by atoms with Gasteiger partial charge in [0, 0.05) is 24.1 Å². The highest BCUT2D eigenvalue weighted by molar-refractivity contribution is 6.05. The van der Waals surface area contributed by atoms with Crippen LogP contribution < -0.4 is 5.32 Å². The zero-order valence-corrected chi connectivity index (χ0v) is 15.6. The number of aryl methyl sites for hydroxylation is 1. The molecule has 0 spiro atoms. The Morgan fingerprint density at radius 1 is 1.15 bits per heavy atom. The Balaban J connectivity index is 1.66. The summed E-state index contributed by atoms with van der Waals surface area (Å²) in [5, 5.41) is 3.50. The number of nitrogens with zero attached hydrogens (tertiary/aromatic N) is 1. The second-order valence-corrected chi connectivity index (χ2v) is 6.93. The van der Waals surface area contributed by atoms with Crippen LogP contribution in [0.5, 0.6) is 0 Å². The lowest BCUT2D eigenvalue weighted by Crippen LogP contribution is -2.57. The first kappa shape index (κ1) is 18.9. The molecule has 0 aliphatic heterocycles. The molecule has 0 saturated heterocycles. The summed E-state index contributed by atoms with van der Waals surface area (Å²) in [6.45, 7) is -0.444. The smallest absolute Gasteiger partial charge is 0.340 e. The first-order valence-electron chi connectivity index (χ1n) is 9.07. The predicted octanol–water partition coefficient (Wildman–Crippen LogP) is 2.33. The van der Waals surface area contributed by atoms with Crippen molar-refractivity contribution in [3.05, 3.63) is 36.0 Å². The van der Waals surface area contributed by atoms with E-state index in [2.05, 4.69) is 5.32 Å². The lowest BCUT2D eigenvalue weighted by Gasteiger charge is -2.35. The summed E-state index contributed by atoms with van der Waals surface area (Å²) in [6.07, 6.45) is 5.44. The van der Waals surface area contributed by atoms with Crippen LogP contribution in [0.2, 0.25) is 0 Å². The van der Waals surface area contributed by atoms with E-state index < -0.39 is 30.0 Å². The molecule has 1 heterocycles. The Kier molecular flexibility index (Phi) is 5.48. The van der Waals surface area contributed by atoms with Crippen LogP contribution in [-0.4, -0.2) is 41.7 Å². The molecule has 0 atom stereocenters. The summed E-state index contributed by atoms with van der Waals surface area (Å²) in [6, 6.07) is 7.47. The number of rotatable bonds is 5. The van der Waals surface area contributed by atoms with Crippen LogP contribution in [0.1, 0.15) is 42.5 Å². The van der Waals surface area contributed by atoms with Crippen LogP contribution in [0.15, 0.2) is 30.5 Å². The highest BCUT2D eigenvalue weighted by Crippen LogP contribution is 2.29. The van der Waals surface area contributed by atoms with Gasteiger partial charge in [0.1, 0.15) is 5.54 Å². The van der Waals surface area contributed by atoms with Gasteiger partial charge in [-0.3, -0.25) is 4.79 Å². The molecule has 1 N–H and O–H groups in total. The first-order valence-corrected chi connectivity index (χ1v) is 9.07. The van der Waals surface area contributed by atoms with Crippen LogP contribution in [0.25, 0.3) is 10.9 Å². The number of nitrogens with one attached hydrogen (secondary N) is 1. The normalized spacial score (nSPS) is 15.9. The second-order valence-electron chi connectivity index (χ2n) is 6.93. The molecule has 1 saturated carbocycles. The minimum Gasteiger partial charge on any atom is -0.467 e. The summed E-state index contributed by atoms with van der Waals surface area (Å²) < 4.78 is 11.9. The number of amides is 1. The number of fused-ring (bicyclic) bond motifs is 1. The molecule has 1 aromatic carbocycles. The Bertz CT molecular complexity index is 864. The monoisotopic (exact) mass is 372 g/mol. The molecule has 27 heavy (non-hydrogen) atoms. The molecule has 1 aromatic heterocycles. The van der Waals surface area contributed by atoms with Crippen molar-refractivity contribution >= 4 is 28.7 Å². The van der Waals surface area contributed by atoms with Gasteiger partial charge in [0.05, 0.1) is 12.7 Å². The van der Waals surface area contributed by atoms with Gasteiger partial charge in [-0.05, 0) is 18.9 Å². The third-order valence-electron chi connectivity index (χ3n) is 5.11. The summed E-state index contributed by atoms with van der Waals surface area (Å²) in [5.74, 6) is -1.52. The highest BCUT2D eigenvalue weighted by Gasteiger charge is 2.42. The lowest BCUT2D eigenvalue weighted by atomic mass is 9.81. The van der Waals surface area contributed by atoms with Crippen LogP contribution in [0, 0.1) is 0 Å². The van der Waals surface area contributed by atoms with Crippen molar-refractivity contribution in [1.29, 1.82) is 0 Å². The molecule has 7 nitrogen and oxygen atoms in total. The van der Waals surface area contributed by atoms with Gasteiger partial charge in [-0.2, -0.15) is 0 Å². The molecule has 7 heteroatoms. The van der Waals surface area contributed by atoms with E-state index in [-0.39, 0.29) is 0 Å². The largest absolute Gasteiger partial charge is 0.467 e. The molecule has 144 valence electrons. The van der Waals surface area contributed by atoms with Crippen molar-refractivity contribution in [2.75, 3.05) is 13.7 Å². The third-order valence-corrected chi connectivity index (χ3v) is 5.11. The van der Waals surface area contributed by atoms with E-state index in [1.807, 2.05) is 35.9 Å². The summed E-state index contributed by atoms with van der Waals surface area (Å²) in [4.78, 5) is 37.0. The highest BCUT2D eigenvalue weighted by atomic mass is 16.5. The fourth-order valence-electron chi connectivity index (χ4n) is 3.75. The second kappa shape index (κ2) is 7.82. The number of carbonyl (C=O) groups is 3. The van der Waals surface area contributed by atoms with E-state index >= 15 is 0 Å². The van der Waals surface area contributed by atoms with Gasteiger partial charge >= 0.3 is 11.9 Å². The summed E-state index contributed by atoms with van der Waals surface area (Å²) in [5.41, 5.74) is 0.289. The van der Waals surface area contributed by atoms with E-state index in [1.54, 1.807) is 6.20 Å². The maximum absolute atomic E-state index is 12.4. The van der Waals surface area contributed by atoms with Crippen molar-refractivity contribution in [3.8, 4) is 0 Å². The number of hydrogen-bond donors (Lipinski definition) is 1. The number of aromatic nitrogens is 1. The third kappa shape index (κ3) is 3.82. The van der Waals surface area contributed by atoms with Crippen molar-refractivity contribution < 1.29 is 23.9 Å². The number of hydrogen-bond acceptors (Lipinski definition) is 5. The molecule has 1 aliphatic rings. The molecular weight excluding hydrogens is 348 g/mol. The van der Waals surface area contributed by atoms with Gasteiger partial charge in [-0.25, -0.2) is 9.59 Å². The number of carbonyl (C=O) groups excluding carboxylic acids is 3. The maximum atomic E-state index is 12.4. The van der Waals surface area contributed by atoms with Crippen molar-refractivity contribution in [1.82, 2.24) is 9.88 Å². The number of ether oxygens (including phenoxy) is 2. The molecule has 0 radical (unpaired) electrons. The first-order chi connectivity index (χ1) is 13.0. The van der Waals surface area contributed by atoms with Crippen LogP contribution >= 0.6 is 0 Å². The Labute approximate surface area is 157 Å². The Morgan fingerprint density at radius 2 is 1.85 bits per heavy atom. The molecule has 0 bridgehead atoms. The van der Waals surface area contributed by atoms with E-state index in [1.165, 1.54) is 7.11 Å². The zero-order chi connectivity index (χ0) is 19.4. The number of methoxy groups -OCH3 is 1. The predicted molar refractivity (Wildman–Crippen MR) is 99.2 cm³/mol. The fourth-order valence-corrected chi connectivity index (χ4v) is 3.75. The summed E-state index contributed by atoms with van der Waals surface area (Å²) in [7, 11) is 3.15. The molecule has 1 amide bonds. The fraction of sp³-hybridized carbons (Fsp3) is 0.450. The molecule has 0 unspecified atom stereocenters. The lowest BCUT2D eigenvalue weighted by molar-refractivity contribution is -0.153. The Morgan fingerprint density at radius 3 is 2.56 bits per heavy atom. The Hall–Kier alpha value is -2.83. The SMILES string of the molecule is COC(=O)C1(NC(=O)COC(=O)c2cn(C)c3ccccc23)CCCCC1. The average Bonchev–Trinajstić information content (AvgIpc) is 3.03. The minimum absolute atomic E-state index is 0.404. The van der Waals surface area contributed by atoms with Crippen LogP contribution in [0.3, 0.4) is 0 Å². The van der Waals surface area contributed by atoms with Crippen molar-refractivity contribution in [3.63, 3.8) is 0 Å². The zero-order valence-electron chi connectivity index (χ0n) is 15.6. The molecule has 1 fully saturated rings. The number of benzene rings is 1. The standard InChI is InChI=1S/C20H24N2O5/c1-22-12-15(14-8-4-5-9-16(14)22)18(24)27-13-17(23)21-20(19(25)26-2)10-6-3-7-11-20/h4-5,8-9,12H,3,6-7,10-11,13H2,1-2H3,(H,21,23). The van der Waals surface area contributed by atoms with Crippen molar-refractivity contribution in [2.24, 2.45) is 7.05 Å². The van der Waals surface area contributed by atoms with E-state index in [0.29, 0.717) is 18.4 Å². The van der Waals surface area contributed by atoms with Gasteiger partial charge in [0.2, 0.25) is 0 Å². The quantitative estimate of drug-likeness (QED) is 0.814. The van der Waals surface area contributed by atoms with Gasteiger partial charge in [0.25, 0.3) is 5.91 Å². The van der Waals surface area contributed by atoms with E-state index in [4.69, 9.17) is 9.47 Å². The van der Waals surface area contributed by atoms with Crippen LogP contribution in [-0.2, 0) is 26.1 Å². The molecule has 3 rings (SSSR count).